The van der Waals surface area contributed by atoms with Gasteiger partial charge in [-0.1, -0.05) is 17.8 Å². The third kappa shape index (κ3) is 3.85. The SMILES string of the molecule is O=C(CN1CCSC1=O)Nc1cccc(N2CCCCC2=O)c1. The van der Waals surface area contributed by atoms with Gasteiger partial charge in [0.25, 0.3) is 5.24 Å². The number of rotatable bonds is 4. The molecule has 2 aliphatic rings. The topological polar surface area (TPSA) is 69.7 Å². The number of thioether (sulfide) groups is 1. The van der Waals surface area contributed by atoms with Gasteiger partial charge in [-0.05, 0) is 31.0 Å². The molecule has 1 N–H and O–H groups in total. The van der Waals surface area contributed by atoms with Gasteiger partial charge in [-0.15, -0.1) is 0 Å². The Morgan fingerprint density at radius 3 is 2.83 bits per heavy atom. The van der Waals surface area contributed by atoms with Crippen LogP contribution in [0.1, 0.15) is 19.3 Å². The van der Waals surface area contributed by atoms with Crippen LogP contribution < -0.4 is 10.2 Å². The van der Waals surface area contributed by atoms with E-state index in [1.165, 1.54) is 16.7 Å². The highest BCUT2D eigenvalue weighted by molar-refractivity contribution is 8.13. The van der Waals surface area contributed by atoms with Crippen LogP contribution in [0.5, 0.6) is 0 Å². The Labute approximate surface area is 139 Å². The van der Waals surface area contributed by atoms with Gasteiger partial charge in [-0.2, -0.15) is 0 Å². The monoisotopic (exact) mass is 333 g/mol. The number of piperidine rings is 1. The molecule has 1 aromatic rings. The predicted molar refractivity (Wildman–Crippen MR) is 90.7 cm³/mol. The summed E-state index contributed by atoms with van der Waals surface area (Å²) >= 11 is 1.24. The summed E-state index contributed by atoms with van der Waals surface area (Å²) in [6, 6.07) is 7.29. The average Bonchev–Trinajstić information content (AvgIpc) is 2.93. The number of benzene rings is 1. The molecule has 0 unspecified atom stereocenters. The van der Waals surface area contributed by atoms with Crippen LogP contribution in [0.3, 0.4) is 0 Å². The zero-order valence-corrected chi connectivity index (χ0v) is 13.6. The molecular weight excluding hydrogens is 314 g/mol. The number of hydrogen-bond acceptors (Lipinski definition) is 4. The Kier molecular flexibility index (Phi) is 4.85. The molecule has 0 atom stereocenters. The first-order valence-electron chi connectivity index (χ1n) is 7.75. The second-order valence-electron chi connectivity index (χ2n) is 5.64. The molecule has 122 valence electrons. The Hall–Kier alpha value is -2.02. The average molecular weight is 333 g/mol. The molecule has 1 aromatic carbocycles. The van der Waals surface area contributed by atoms with E-state index in [9.17, 15) is 14.4 Å². The van der Waals surface area contributed by atoms with E-state index in [1.54, 1.807) is 11.0 Å². The first kappa shape index (κ1) is 15.9. The van der Waals surface area contributed by atoms with Crippen LogP contribution in [0, 0.1) is 0 Å². The molecular formula is C16H19N3O3S. The molecule has 2 aliphatic heterocycles. The van der Waals surface area contributed by atoms with Crippen molar-refractivity contribution in [3.05, 3.63) is 24.3 Å². The van der Waals surface area contributed by atoms with E-state index in [2.05, 4.69) is 5.32 Å². The summed E-state index contributed by atoms with van der Waals surface area (Å²) in [5, 5.41) is 2.76. The fraction of sp³-hybridized carbons (Fsp3) is 0.438. The number of amides is 3. The van der Waals surface area contributed by atoms with Gasteiger partial charge in [0.05, 0.1) is 0 Å². The lowest BCUT2D eigenvalue weighted by atomic mass is 10.1. The fourth-order valence-corrected chi connectivity index (χ4v) is 3.60. The van der Waals surface area contributed by atoms with Crippen molar-refractivity contribution >= 4 is 40.2 Å². The summed E-state index contributed by atoms with van der Waals surface area (Å²) < 4.78 is 0. The molecule has 0 aromatic heterocycles. The van der Waals surface area contributed by atoms with Gasteiger partial charge in [-0.3, -0.25) is 14.4 Å². The highest BCUT2D eigenvalue weighted by Gasteiger charge is 2.23. The summed E-state index contributed by atoms with van der Waals surface area (Å²) in [6.07, 6.45) is 2.51. The zero-order valence-electron chi connectivity index (χ0n) is 12.8. The molecule has 2 fully saturated rings. The standard InChI is InChI=1S/C16H19N3O3S/c20-14(11-18-8-9-23-16(18)22)17-12-4-3-5-13(10-12)19-7-2-1-6-15(19)21/h3-5,10H,1-2,6-9,11H2,(H,17,20). The number of anilines is 2. The molecule has 0 radical (unpaired) electrons. The van der Waals surface area contributed by atoms with Crippen LogP contribution in [0.15, 0.2) is 24.3 Å². The third-order valence-corrected chi connectivity index (χ3v) is 4.84. The van der Waals surface area contributed by atoms with Crippen molar-refractivity contribution < 1.29 is 14.4 Å². The lowest BCUT2D eigenvalue weighted by Gasteiger charge is -2.27. The van der Waals surface area contributed by atoms with E-state index in [-0.39, 0.29) is 23.6 Å². The highest BCUT2D eigenvalue weighted by atomic mass is 32.2. The first-order chi connectivity index (χ1) is 11.1. The maximum atomic E-state index is 12.1. The van der Waals surface area contributed by atoms with E-state index in [0.29, 0.717) is 18.7 Å². The minimum Gasteiger partial charge on any atom is -0.324 e. The smallest absolute Gasteiger partial charge is 0.282 e. The van der Waals surface area contributed by atoms with Gasteiger partial charge in [0.1, 0.15) is 6.54 Å². The minimum atomic E-state index is -0.219. The molecule has 2 heterocycles. The van der Waals surface area contributed by atoms with Crippen molar-refractivity contribution in [2.24, 2.45) is 0 Å². The van der Waals surface area contributed by atoms with Crippen molar-refractivity contribution in [3.63, 3.8) is 0 Å². The van der Waals surface area contributed by atoms with E-state index >= 15 is 0 Å². The van der Waals surface area contributed by atoms with Crippen LogP contribution in [-0.2, 0) is 9.59 Å². The van der Waals surface area contributed by atoms with E-state index in [0.717, 1.165) is 30.8 Å². The van der Waals surface area contributed by atoms with Crippen LogP contribution in [0.4, 0.5) is 16.2 Å². The van der Waals surface area contributed by atoms with Crippen molar-refractivity contribution in [1.82, 2.24) is 4.90 Å². The van der Waals surface area contributed by atoms with Crippen molar-refractivity contribution in [1.29, 1.82) is 0 Å². The lowest BCUT2D eigenvalue weighted by molar-refractivity contribution is -0.119. The number of nitrogens with one attached hydrogen (secondary N) is 1. The third-order valence-electron chi connectivity index (χ3n) is 3.94. The van der Waals surface area contributed by atoms with Gasteiger partial charge >= 0.3 is 0 Å². The molecule has 3 amide bonds. The minimum absolute atomic E-state index is 0.0483. The first-order valence-corrected chi connectivity index (χ1v) is 8.74. The number of nitrogens with zero attached hydrogens (tertiary/aromatic N) is 2. The van der Waals surface area contributed by atoms with E-state index in [1.807, 2.05) is 18.2 Å². The Morgan fingerprint density at radius 2 is 2.09 bits per heavy atom. The van der Waals surface area contributed by atoms with Crippen LogP contribution in [0.25, 0.3) is 0 Å². The van der Waals surface area contributed by atoms with Crippen molar-refractivity contribution in [2.45, 2.75) is 19.3 Å². The van der Waals surface area contributed by atoms with Gasteiger partial charge < -0.3 is 15.1 Å². The second kappa shape index (κ2) is 7.04. The molecule has 0 aliphatic carbocycles. The second-order valence-corrected chi connectivity index (χ2v) is 6.68. The van der Waals surface area contributed by atoms with Crippen molar-refractivity contribution in [3.8, 4) is 0 Å². The maximum Gasteiger partial charge on any atom is 0.282 e. The Balaban J connectivity index is 1.64. The molecule has 23 heavy (non-hydrogen) atoms. The highest BCUT2D eigenvalue weighted by Crippen LogP contribution is 2.24. The normalized spacial score (nSPS) is 18.4. The largest absolute Gasteiger partial charge is 0.324 e. The number of carbonyl (C=O) groups is 3. The quantitative estimate of drug-likeness (QED) is 0.918. The summed E-state index contributed by atoms with van der Waals surface area (Å²) in [4.78, 5) is 38.9. The summed E-state index contributed by atoms with van der Waals surface area (Å²) in [7, 11) is 0. The van der Waals surface area contributed by atoms with Crippen LogP contribution in [-0.4, -0.2) is 47.3 Å². The molecule has 3 rings (SSSR count). The van der Waals surface area contributed by atoms with Gasteiger partial charge in [-0.25, -0.2) is 0 Å². The lowest BCUT2D eigenvalue weighted by Crippen LogP contribution is -2.35. The van der Waals surface area contributed by atoms with Gasteiger partial charge in [0, 0.05) is 36.6 Å². The summed E-state index contributed by atoms with van der Waals surface area (Å²) in [5.41, 5.74) is 1.45. The number of hydrogen-bond donors (Lipinski definition) is 1. The molecule has 7 heteroatoms. The van der Waals surface area contributed by atoms with Gasteiger partial charge in [0.2, 0.25) is 11.8 Å². The van der Waals surface area contributed by atoms with E-state index < -0.39 is 0 Å². The van der Waals surface area contributed by atoms with E-state index in [4.69, 9.17) is 0 Å². The van der Waals surface area contributed by atoms with Crippen molar-refractivity contribution in [2.75, 3.05) is 35.6 Å². The molecule has 0 saturated carbocycles. The number of carbonyl (C=O) groups excluding carboxylic acids is 3. The molecule has 6 nitrogen and oxygen atoms in total. The van der Waals surface area contributed by atoms with Crippen LogP contribution >= 0.6 is 11.8 Å². The molecule has 0 spiro atoms. The van der Waals surface area contributed by atoms with Gasteiger partial charge in [0.15, 0.2) is 0 Å². The zero-order chi connectivity index (χ0) is 16.2. The summed E-state index contributed by atoms with van der Waals surface area (Å²) in [6.45, 7) is 1.40. The van der Waals surface area contributed by atoms with Crippen LogP contribution in [0.2, 0.25) is 0 Å². The fourth-order valence-electron chi connectivity index (χ4n) is 2.77. The molecule has 0 bridgehead atoms. The Bertz CT molecular complexity index is 635. The predicted octanol–water partition coefficient (Wildman–Crippen LogP) is 2.31. The maximum absolute atomic E-state index is 12.1. The Morgan fingerprint density at radius 1 is 1.22 bits per heavy atom. The molecule has 2 saturated heterocycles. The summed E-state index contributed by atoms with van der Waals surface area (Å²) in [5.74, 6) is 0.640.